The standard InChI is InChI=1S/C27H37N3O7S2/c1-36-26-14-13-24(21-25(26)27(31)29-16-5-2-3-6-17-29)38(32,33)28-15-20-37-22-9-11-23(12-10-22)39(34,35)30-18-7-4-8-19-30/h9-14,21,28H,2-8,15-20H2,1H3. The Kier molecular flexibility index (Phi) is 9.86. The van der Waals surface area contributed by atoms with Crippen LogP contribution in [0.1, 0.15) is 55.3 Å². The summed E-state index contributed by atoms with van der Waals surface area (Å²) in [6.07, 6.45) is 6.76. The van der Waals surface area contributed by atoms with Gasteiger partial charge in [-0.2, -0.15) is 4.31 Å². The number of ether oxygens (including phenoxy) is 2. The van der Waals surface area contributed by atoms with Gasteiger partial charge in [0.2, 0.25) is 20.0 Å². The summed E-state index contributed by atoms with van der Waals surface area (Å²) in [4.78, 5) is 15.1. The molecule has 0 spiro atoms. The molecule has 1 amide bonds. The summed E-state index contributed by atoms with van der Waals surface area (Å²) in [7, 11) is -5.99. The summed E-state index contributed by atoms with van der Waals surface area (Å²) in [5.41, 5.74) is 0.220. The Balaban J connectivity index is 1.35. The fourth-order valence-electron chi connectivity index (χ4n) is 4.86. The SMILES string of the molecule is COc1ccc(S(=O)(=O)NCCOc2ccc(S(=O)(=O)N3CCCCC3)cc2)cc1C(=O)N1CCCCCC1. The van der Waals surface area contributed by atoms with Crippen molar-refractivity contribution in [1.29, 1.82) is 0 Å². The van der Waals surface area contributed by atoms with E-state index in [-0.39, 0.29) is 34.4 Å². The van der Waals surface area contributed by atoms with Crippen LogP contribution < -0.4 is 14.2 Å². The zero-order valence-electron chi connectivity index (χ0n) is 22.3. The lowest BCUT2D eigenvalue weighted by molar-refractivity contribution is 0.0758. The molecule has 10 nitrogen and oxygen atoms in total. The van der Waals surface area contributed by atoms with Crippen molar-refractivity contribution >= 4 is 26.0 Å². The average Bonchev–Trinajstić information content (AvgIpc) is 3.25. The van der Waals surface area contributed by atoms with E-state index in [2.05, 4.69) is 4.72 Å². The quantitative estimate of drug-likeness (QED) is 0.429. The number of piperidine rings is 1. The number of carbonyl (C=O) groups is 1. The van der Waals surface area contributed by atoms with Gasteiger partial charge in [0, 0.05) is 32.7 Å². The van der Waals surface area contributed by atoms with Gasteiger partial charge in [0.25, 0.3) is 5.91 Å². The lowest BCUT2D eigenvalue weighted by Gasteiger charge is -2.25. The van der Waals surface area contributed by atoms with Crippen LogP contribution in [0.5, 0.6) is 11.5 Å². The van der Waals surface area contributed by atoms with Gasteiger partial charge in [-0.15, -0.1) is 0 Å². The molecule has 2 aliphatic rings. The zero-order chi connectivity index (χ0) is 27.9. The maximum absolute atomic E-state index is 13.2. The molecule has 1 N–H and O–H groups in total. The number of benzene rings is 2. The van der Waals surface area contributed by atoms with Crippen molar-refractivity contribution in [3.05, 3.63) is 48.0 Å². The smallest absolute Gasteiger partial charge is 0.257 e. The van der Waals surface area contributed by atoms with Gasteiger partial charge in [-0.1, -0.05) is 19.3 Å². The first-order chi connectivity index (χ1) is 18.7. The van der Waals surface area contributed by atoms with Crippen LogP contribution in [0.4, 0.5) is 0 Å². The molecule has 2 saturated heterocycles. The van der Waals surface area contributed by atoms with E-state index in [1.165, 1.54) is 41.7 Å². The van der Waals surface area contributed by atoms with E-state index < -0.39 is 20.0 Å². The van der Waals surface area contributed by atoms with Gasteiger partial charge in [-0.3, -0.25) is 4.79 Å². The number of amides is 1. The van der Waals surface area contributed by atoms with Gasteiger partial charge in [0.1, 0.15) is 18.1 Å². The number of hydrogen-bond acceptors (Lipinski definition) is 7. The van der Waals surface area contributed by atoms with Crippen LogP contribution in [0, 0.1) is 0 Å². The monoisotopic (exact) mass is 579 g/mol. The highest BCUT2D eigenvalue weighted by Crippen LogP contribution is 2.26. The van der Waals surface area contributed by atoms with E-state index in [4.69, 9.17) is 9.47 Å². The summed E-state index contributed by atoms with van der Waals surface area (Å²) < 4.78 is 66.5. The largest absolute Gasteiger partial charge is 0.496 e. The third-order valence-corrected chi connectivity index (χ3v) is 10.4. The second-order valence-electron chi connectivity index (χ2n) is 9.75. The van der Waals surface area contributed by atoms with Crippen LogP contribution in [0.25, 0.3) is 0 Å². The first-order valence-electron chi connectivity index (χ1n) is 13.4. The van der Waals surface area contributed by atoms with Crippen molar-refractivity contribution in [2.24, 2.45) is 0 Å². The minimum Gasteiger partial charge on any atom is -0.496 e. The Hall–Kier alpha value is -2.67. The maximum atomic E-state index is 13.2. The molecule has 2 aromatic carbocycles. The van der Waals surface area contributed by atoms with Crippen molar-refractivity contribution in [3.63, 3.8) is 0 Å². The minimum atomic E-state index is -3.91. The van der Waals surface area contributed by atoms with Gasteiger partial charge in [-0.05, 0) is 68.1 Å². The molecule has 39 heavy (non-hydrogen) atoms. The highest BCUT2D eigenvalue weighted by Gasteiger charge is 2.26. The molecule has 0 aliphatic carbocycles. The summed E-state index contributed by atoms with van der Waals surface area (Å²) in [5.74, 6) is 0.527. The molecule has 0 saturated carbocycles. The summed E-state index contributed by atoms with van der Waals surface area (Å²) in [5, 5.41) is 0. The Bertz CT molecular complexity index is 1330. The number of hydrogen-bond donors (Lipinski definition) is 1. The Morgan fingerprint density at radius 2 is 1.41 bits per heavy atom. The van der Waals surface area contributed by atoms with Gasteiger partial charge in [0.15, 0.2) is 0 Å². The third-order valence-electron chi connectivity index (χ3n) is 7.04. The highest BCUT2D eigenvalue weighted by molar-refractivity contribution is 7.89. The normalized spacial score (nSPS) is 17.4. The average molecular weight is 580 g/mol. The van der Waals surface area contributed by atoms with Crippen molar-refractivity contribution in [2.75, 3.05) is 46.4 Å². The summed E-state index contributed by atoms with van der Waals surface area (Å²) in [6.45, 7) is 2.36. The van der Waals surface area contributed by atoms with Crippen LogP contribution >= 0.6 is 0 Å². The van der Waals surface area contributed by atoms with E-state index in [1.54, 1.807) is 17.0 Å². The number of nitrogens with one attached hydrogen (secondary N) is 1. The van der Waals surface area contributed by atoms with E-state index in [0.717, 1.165) is 44.9 Å². The first-order valence-corrected chi connectivity index (χ1v) is 16.3. The van der Waals surface area contributed by atoms with Gasteiger partial charge < -0.3 is 14.4 Å². The molecule has 0 atom stereocenters. The number of nitrogens with zero attached hydrogens (tertiary/aromatic N) is 2. The van der Waals surface area contributed by atoms with Crippen LogP contribution in [0.3, 0.4) is 0 Å². The number of likely N-dealkylation sites (tertiary alicyclic amines) is 1. The molecule has 2 heterocycles. The number of methoxy groups -OCH3 is 1. The summed E-state index contributed by atoms with van der Waals surface area (Å²) >= 11 is 0. The van der Waals surface area contributed by atoms with Gasteiger partial charge in [0.05, 0.1) is 22.5 Å². The van der Waals surface area contributed by atoms with E-state index in [9.17, 15) is 21.6 Å². The second-order valence-corrected chi connectivity index (χ2v) is 13.5. The highest BCUT2D eigenvalue weighted by atomic mass is 32.2. The zero-order valence-corrected chi connectivity index (χ0v) is 23.9. The van der Waals surface area contributed by atoms with Crippen molar-refractivity contribution in [1.82, 2.24) is 13.9 Å². The van der Waals surface area contributed by atoms with Crippen LogP contribution in [-0.4, -0.2) is 78.4 Å². The molecule has 12 heteroatoms. The molecule has 2 aromatic rings. The Morgan fingerprint density at radius 1 is 0.821 bits per heavy atom. The Labute approximate surface area is 231 Å². The summed E-state index contributed by atoms with van der Waals surface area (Å²) in [6, 6.07) is 10.4. The lowest BCUT2D eigenvalue weighted by atomic mass is 10.1. The van der Waals surface area contributed by atoms with Crippen LogP contribution in [0.15, 0.2) is 52.3 Å². The number of sulfonamides is 2. The molecule has 2 fully saturated rings. The molecule has 0 unspecified atom stereocenters. The molecule has 4 rings (SSSR count). The maximum Gasteiger partial charge on any atom is 0.257 e. The second kappa shape index (κ2) is 13.1. The predicted octanol–water partition coefficient (Wildman–Crippen LogP) is 3.24. The fourth-order valence-corrected chi connectivity index (χ4v) is 7.41. The molecule has 2 aliphatic heterocycles. The number of rotatable bonds is 10. The van der Waals surface area contributed by atoms with Crippen LogP contribution in [-0.2, 0) is 20.0 Å². The molecule has 0 bridgehead atoms. The predicted molar refractivity (Wildman–Crippen MR) is 147 cm³/mol. The first kappa shape index (κ1) is 29.3. The molecular formula is C27H37N3O7S2. The molecule has 214 valence electrons. The third kappa shape index (κ3) is 7.30. The van der Waals surface area contributed by atoms with E-state index in [1.807, 2.05) is 0 Å². The van der Waals surface area contributed by atoms with Crippen molar-refractivity contribution in [3.8, 4) is 11.5 Å². The topological polar surface area (TPSA) is 122 Å². The molecular weight excluding hydrogens is 542 g/mol. The van der Waals surface area contributed by atoms with E-state index in [0.29, 0.717) is 37.7 Å². The van der Waals surface area contributed by atoms with Crippen molar-refractivity contribution in [2.45, 2.75) is 54.7 Å². The van der Waals surface area contributed by atoms with Crippen LogP contribution in [0.2, 0.25) is 0 Å². The number of carbonyl (C=O) groups excluding carboxylic acids is 1. The Morgan fingerprint density at radius 3 is 2.05 bits per heavy atom. The fraction of sp³-hybridized carbons (Fsp3) is 0.519. The molecule has 0 aromatic heterocycles. The lowest BCUT2D eigenvalue weighted by Crippen LogP contribution is -2.35. The van der Waals surface area contributed by atoms with Crippen molar-refractivity contribution < 1.29 is 31.1 Å². The van der Waals surface area contributed by atoms with Gasteiger partial charge in [-0.25, -0.2) is 21.6 Å². The van der Waals surface area contributed by atoms with E-state index >= 15 is 0 Å². The minimum absolute atomic E-state index is 0.0163. The molecule has 0 radical (unpaired) electrons. The van der Waals surface area contributed by atoms with Gasteiger partial charge >= 0.3 is 0 Å².